The van der Waals surface area contributed by atoms with Crippen LogP contribution in [0, 0.1) is 5.82 Å². The molecule has 33 heavy (non-hydrogen) atoms. The molecule has 3 aromatic rings. The van der Waals surface area contributed by atoms with Gasteiger partial charge in [0.25, 0.3) is 0 Å². The molecule has 0 radical (unpaired) electrons. The molecule has 1 aliphatic rings. The second-order valence-electron chi connectivity index (χ2n) is 7.67. The Morgan fingerprint density at radius 3 is 2.48 bits per heavy atom. The Kier molecular flexibility index (Phi) is 7.68. The highest BCUT2D eigenvalue weighted by Crippen LogP contribution is 2.35. The summed E-state index contributed by atoms with van der Waals surface area (Å²) in [5.74, 6) is -0.577. The van der Waals surface area contributed by atoms with E-state index < -0.39 is 23.7 Å². The van der Waals surface area contributed by atoms with Crippen molar-refractivity contribution in [3.8, 4) is 11.5 Å². The third-order valence-electron chi connectivity index (χ3n) is 5.48. The number of carbonyl (C=O) groups excluding carboxylic acids is 2. The Bertz CT molecular complexity index is 1150. The number of methoxy groups -OCH3 is 1. The first kappa shape index (κ1) is 24.2. The number of hydrogen-bond donors (Lipinski definition) is 2. The largest absolute Gasteiger partial charge is 0.468 e. The number of nitrogens with two attached hydrogens (primary N) is 1. The first-order valence-electron chi connectivity index (χ1n) is 10.2. The van der Waals surface area contributed by atoms with Gasteiger partial charge >= 0.3 is 5.97 Å². The van der Waals surface area contributed by atoms with Gasteiger partial charge in [0.15, 0.2) is 0 Å². The molecule has 0 spiro atoms. The lowest BCUT2D eigenvalue weighted by atomic mass is 9.93. The summed E-state index contributed by atoms with van der Waals surface area (Å²) in [5, 5.41) is 2.84. The number of benzene rings is 3. The second kappa shape index (κ2) is 10.5. The number of ether oxygens (including phenoxy) is 2. The molecule has 0 fully saturated rings. The van der Waals surface area contributed by atoms with E-state index in [9.17, 15) is 14.0 Å². The molecule has 0 bridgehead atoms. The molecule has 0 saturated carbocycles. The fourth-order valence-electron chi connectivity index (χ4n) is 3.77. The van der Waals surface area contributed by atoms with Crippen molar-refractivity contribution >= 4 is 30.0 Å². The molecule has 2 unspecified atom stereocenters. The highest BCUT2D eigenvalue weighted by atomic mass is 35.5. The molecule has 0 aromatic heterocycles. The number of hydrogen-bond acceptors (Lipinski definition) is 5. The summed E-state index contributed by atoms with van der Waals surface area (Å²) in [6.45, 7) is 0. The standard InChI is InChI=1S/C25H23FN2O4.ClH/c1-31-25(30)22(27)12-15-6-9-17(10-7-15)32-18-11-8-16(21(26)14-18)13-20-19-4-2-3-5-23(19)28-24(20)29;/h2-11,14,20,22H,12-13,27H2,1H3,(H,28,29);1H. The average molecular weight is 471 g/mol. The summed E-state index contributed by atoms with van der Waals surface area (Å²) in [7, 11) is 1.30. The Hall–Kier alpha value is -3.42. The van der Waals surface area contributed by atoms with Gasteiger partial charge in [-0.05, 0) is 53.8 Å². The minimum absolute atomic E-state index is 0. The molecule has 4 rings (SSSR count). The van der Waals surface area contributed by atoms with E-state index in [2.05, 4.69) is 10.1 Å². The smallest absolute Gasteiger partial charge is 0.322 e. The number of rotatable bonds is 7. The summed E-state index contributed by atoms with van der Waals surface area (Å²) in [6, 6.07) is 18.4. The van der Waals surface area contributed by atoms with Crippen LogP contribution in [0.3, 0.4) is 0 Å². The van der Waals surface area contributed by atoms with Gasteiger partial charge in [0.1, 0.15) is 23.4 Å². The van der Waals surface area contributed by atoms with Crippen LogP contribution < -0.4 is 15.8 Å². The molecule has 0 saturated heterocycles. The maximum absolute atomic E-state index is 14.8. The fraction of sp³-hybridized carbons (Fsp3) is 0.200. The highest BCUT2D eigenvalue weighted by molar-refractivity contribution is 6.03. The van der Waals surface area contributed by atoms with Crippen molar-refractivity contribution < 1.29 is 23.5 Å². The number of amides is 1. The van der Waals surface area contributed by atoms with Crippen LogP contribution in [0.5, 0.6) is 11.5 Å². The van der Waals surface area contributed by atoms with Gasteiger partial charge in [-0.2, -0.15) is 0 Å². The molecule has 1 aliphatic heterocycles. The summed E-state index contributed by atoms with van der Waals surface area (Å²) >= 11 is 0. The first-order valence-corrected chi connectivity index (χ1v) is 10.2. The molecule has 1 heterocycles. The van der Waals surface area contributed by atoms with E-state index in [1.54, 1.807) is 36.4 Å². The summed E-state index contributed by atoms with van der Waals surface area (Å²) in [6.07, 6.45) is 0.609. The zero-order valence-electron chi connectivity index (χ0n) is 17.9. The predicted octanol–water partition coefficient (Wildman–Crippen LogP) is 4.36. The van der Waals surface area contributed by atoms with Crippen LogP contribution >= 0.6 is 12.4 Å². The summed E-state index contributed by atoms with van der Waals surface area (Å²) in [5.41, 5.74) is 8.73. The van der Waals surface area contributed by atoms with Crippen LogP contribution in [-0.4, -0.2) is 25.0 Å². The fourth-order valence-corrected chi connectivity index (χ4v) is 3.77. The van der Waals surface area contributed by atoms with Crippen molar-refractivity contribution in [3.05, 3.63) is 89.2 Å². The maximum atomic E-state index is 14.8. The molecule has 3 N–H and O–H groups in total. The van der Waals surface area contributed by atoms with Gasteiger partial charge in [-0.3, -0.25) is 9.59 Å². The molecular formula is C25H24ClFN2O4. The van der Waals surface area contributed by atoms with Gasteiger partial charge in [0, 0.05) is 11.8 Å². The van der Waals surface area contributed by atoms with E-state index in [0.29, 0.717) is 23.5 Å². The summed E-state index contributed by atoms with van der Waals surface area (Å²) < 4.78 is 25.1. The minimum atomic E-state index is -0.734. The quantitative estimate of drug-likeness (QED) is 0.501. The van der Waals surface area contributed by atoms with Gasteiger partial charge in [-0.1, -0.05) is 36.4 Å². The van der Waals surface area contributed by atoms with Gasteiger partial charge in [-0.25, -0.2) is 4.39 Å². The number of para-hydroxylation sites is 1. The molecule has 6 nitrogen and oxygen atoms in total. The Morgan fingerprint density at radius 1 is 1.09 bits per heavy atom. The van der Waals surface area contributed by atoms with Crippen molar-refractivity contribution in [2.24, 2.45) is 5.73 Å². The number of carbonyl (C=O) groups is 2. The number of nitrogens with one attached hydrogen (secondary N) is 1. The lowest BCUT2D eigenvalue weighted by molar-refractivity contribution is -0.142. The Morgan fingerprint density at radius 2 is 1.79 bits per heavy atom. The Balaban J connectivity index is 0.00000306. The van der Waals surface area contributed by atoms with Gasteiger partial charge < -0.3 is 20.5 Å². The minimum Gasteiger partial charge on any atom is -0.468 e. The zero-order chi connectivity index (χ0) is 22.7. The maximum Gasteiger partial charge on any atom is 0.322 e. The molecule has 8 heteroatoms. The number of halogens is 2. The van der Waals surface area contributed by atoms with Crippen LogP contribution in [0.2, 0.25) is 0 Å². The number of fused-ring (bicyclic) bond motifs is 1. The van der Waals surface area contributed by atoms with E-state index in [0.717, 1.165) is 16.8 Å². The zero-order valence-corrected chi connectivity index (χ0v) is 18.7. The molecule has 172 valence electrons. The lowest BCUT2D eigenvalue weighted by Crippen LogP contribution is -2.33. The third kappa shape index (κ3) is 5.50. The van der Waals surface area contributed by atoms with E-state index in [1.165, 1.54) is 13.2 Å². The van der Waals surface area contributed by atoms with E-state index in [1.807, 2.05) is 24.3 Å². The molecule has 2 atom stereocenters. The van der Waals surface area contributed by atoms with Crippen LogP contribution in [-0.2, 0) is 27.2 Å². The van der Waals surface area contributed by atoms with Crippen LogP contribution in [0.4, 0.5) is 10.1 Å². The van der Waals surface area contributed by atoms with E-state index >= 15 is 0 Å². The molecular weight excluding hydrogens is 447 g/mol. The van der Waals surface area contributed by atoms with Crippen molar-refractivity contribution in [1.82, 2.24) is 0 Å². The number of esters is 1. The van der Waals surface area contributed by atoms with Crippen LogP contribution in [0.1, 0.15) is 22.6 Å². The van der Waals surface area contributed by atoms with Crippen molar-refractivity contribution in [1.29, 1.82) is 0 Å². The normalized spacial score (nSPS) is 15.1. The van der Waals surface area contributed by atoms with Crippen molar-refractivity contribution in [2.75, 3.05) is 12.4 Å². The second-order valence-corrected chi connectivity index (χ2v) is 7.67. The third-order valence-corrected chi connectivity index (χ3v) is 5.48. The highest BCUT2D eigenvalue weighted by Gasteiger charge is 2.30. The lowest BCUT2D eigenvalue weighted by Gasteiger charge is -2.12. The Labute approximate surface area is 197 Å². The van der Waals surface area contributed by atoms with Gasteiger partial charge in [-0.15, -0.1) is 12.4 Å². The predicted molar refractivity (Wildman–Crippen MR) is 125 cm³/mol. The number of anilines is 1. The van der Waals surface area contributed by atoms with Crippen molar-refractivity contribution in [3.63, 3.8) is 0 Å². The van der Waals surface area contributed by atoms with E-state index in [4.69, 9.17) is 10.5 Å². The van der Waals surface area contributed by atoms with Crippen LogP contribution in [0.25, 0.3) is 0 Å². The first-order chi connectivity index (χ1) is 15.4. The topological polar surface area (TPSA) is 90.7 Å². The van der Waals surface area contributed by atoms with Crippen molar-refractivity contribution in [2.45, 2.75) is 24.8 Å². The van der Waals surface area contributed by atoms with E-state index in [-0.39, 0.29) is 24.7 Å². The SMILES string of the molecule is COC(=O)C(N)Cc1ccc(Oc2ccc(CC3C(=O)Nc4ccccc43)c(F)c2)cc1.Cl. The molecule has 0 aliphatic carbocycles. The average Bonchev–Trinajstić information content (AvgIpc) is 3.11. The van der Waals surface area contributed by atoms with Crippen LogP contribution in [0.15, 0.2) is 66.7 Å². The summed E-state index contributed by atoms with van der Waals surface area (Å²) in [4.78, 5) is 23.8. The monoisotopic (exact) mass is 470 g/mol. The van der Waals surface area contributed by atoms with Gasteiger partial charge in [0.2, 0.25) is 5.91 Å². The molecule has 1 amide bonds. The molecule has 3 aromatic carbocycles. The van der Waals surface area contributed by atoms with Gasteiger partial charge in [0.05, 0.1) is 13.0 Å².